The fraction of sp³-hybridized carbons (Fsp3) is 0.136. The second-order valence-electron chi connectivity index (χ2n) is 7.68. The molecule has 3 aromatic rings. The number of aryl methyl sites for hydroxylation is 1. The normalized spacial score (nSPS) is 13.6. The highest BCUT2D eigenvalue weighted by Gasteiger charge is 2.35. The summed E-state index contributed by atoms with van der Waals surface area (Å²) in [6.45, 7) is 6.65. The molecule has 27 heavy (non-hydrogen) atoms. The van der Waals surface area contributed by atoms with Gasteiger partial charge >= 0.3 is 6.98 Å². The van der Waals surface area contributed by atoms with Crippen LogP contribution in [0.1, 0.15) is 15.9 Å². The molecule has 0 bridgehead atoms. The maximum atomic E-state index is 12.6. The van der Waals surface area contributed by atoms with E-state index >= 15 is 0 Å². The maximum absolute atomic E-state index is 12.6. The molecule has 0 spiro atoms. The Morgan fingerprint density at radius 1 is 0.852 bits per heavy atom. The quantitative estimate of drug-likeness (QED) is 0.695. The highest BCUT2D eigenvalue weighted by atomic mass is 28.3. The smallest absolute Gasteiger partial charge is 0.405 e. The molecule has 0 saturated heterocycles. The molecule has 0 fully saturated rings. The van der Waals surface area contributed by atoms with Gasteiger partial charge in [0.15, 0.2) is 0 Å². The van der Waals surface area contributed by atoms with Crippen molar-refractivity contribution in [2.75, 3.05) is 5.23 Å². The van der Waals surface area contributed by atoms with Crippen molar-refractivity contribution in [2.45, 2.75) is 20.0 Å². The molecule has 3 nitrogen and oxygen atoms in total. The van der Waals surface area contributed by atoms with E-state index in [1.807, 2.05) is 24.3 Å². The van der Waals surface area contributed by atoms with E-state index in [1.165, 1.54) is 15.9 Å². The van der Waals surface area contributed by atoms with E-state index in [4.69, 9.17) is 0 Å². The summed E-state index contributed by atoms with van der Waals surface area (Å²) < 4.78 is 0. The Kier molecular flexibility index (Phi) is 4.40. The van der Waals surface area contributed by atoms with Gasteiger partial charge in [-0.25, -0.2) is 0 Å². The van der Waals surface area contributed by atoms with Crippen LogP contribution < -0.4 is 26.3 Å². The van der Waals surface area contributed by atoms with Crippen molar-refractivity contribution < 1.29 is 4.79 Å². The third kappa shape index (κ3) is 3.19. The highest BCUT2D eigenvalue weighted by molar-refractivity contribution is 7.03. The number of rotatable bonds is 3. The van der Waals surface area contributed by atoms with E-state index in [-0.39, 0.29) is 12.9 Å². The summed E-state index contributed by atoms with van der Waals surface area (Å²) in [6.07, 6.45) is 0. The lowest BCUT2D eigenvalue weighted by molar-refractivity contribution is 0.0979. The predicted octanol–water partition coefficient (Wildman–Crippen LogP) is 2.37. The Labute approximate surface area is 162 Å². The lowest BCUT2D eigenvalue weighted by atomic mass is 9.66. The molecule has 0 aliphatic carbocycles. The van der Waals surface area contributed by atoms with Gasteiger partial charge in [-0.3, -0.25) is 4.79 Å². The van der Waals surface area contributed by atoms with Crippen molar-refractivity contribution in [1.82, 2.24) is 5.23 Å². The molecule has 2 N–H and O–H groups in total. The highest BCUT2D eigenvalue weighted by Crippen LogP contribution is 2.18. The molecular weight excluding hydrogens is 347 g/mol. The van der Waals surface area contributed by atoms with Gasteiger partial charge in [-0.2, -0.15) is 0 Å². The predicted molar refractivity (Wildman–Crippen MR) is 117 cm³/mol. The molecule has 0 saturated carbocycles. The van der Waals surface area contributed by atoms with Crippen LogP contribution in [0.3, 0.4) is 0 Å². The van der Waals surface area contributed by atoms with Gasteiger partial charge in [0.25, 0.3) is 0 Å². The Hall–Kier alpha value is -2.79. The van der Waals surface area contributed by atoms with Crippen LogP contribution in [0.25, 0.3) is 0 Å². The van der Waals surface area contributed by atoms with E-state index in [9.17, 15) is 4.79 Å². The molecule has 134 valence electrons. The topological polar surface area (TPSA) is 41.1 Å². The number of amides is 1. The molecule has 1 aliphatic heterocycles. The molecule has 3 aromatic carbocycles. The third-order valence-corrected chi connectivity index (χ3v) is 8.99. The molecule has 0 radical (unpaired) electrons. The maximum Gasteiger partial charge on any atom is 0.408 e. The second kappa shape index (κ2) is 6.74. The van der Waals surface area contributed by atoms with Crippen molar-refractivity contribution in [3.8, 4) is 0 Å². The zero-order valence-corrected chi connectivity index (χ0v) is 16.9. The van der Waals surface area contributed by atoms with E-state index in [0.29, 0.717) is 5.56 Å². The first kappa shape index (κ1) is 17.6. The number of benzene rings is 3. The number of carbonyl (C=O) groups excluding carboxylic acids is 1. The van der Waals surface area contributed by atoms with E-state index < -0.39 is 8.07 Å². The lowest BCUT2D eigenvalue weighted by Gasteiger charge is -2.31. The molecular formula is C22H23BN2OSi. The molecule has 4 rings (SSSR count). The first-order chi connectivity index (χ1) is 13.0. The molecule has 5 heteroatoms. The summed E-state index contributed by atoms with van der Waals surface area (Å²) in [6, 6.07) is 25.0. The molecule has 1 heterocycles. The van der Waals surface area contributed by atoms with Gasteiger partial charge in [0.1, 0.15) is 8.07 Å². The SMILES string of the molecule is Cc1ccc(B2NC(=O)c3ccccc3N2)c([Si](C)(C)c2ccccc2)c1. The first-order valence-corrected chi connectivity index (χ1v) is 12.3. The number of fused-ring (bicyclic) bond motifs is 1. The lowest BCUT2D eigenvalue weighted by Crippen LogP contribution is -2.67. The zero-order valence-electron chi connectivity index (χ0n) is 15.9. The average molecular weight is 370 g/mol. The van der Waals surface area contributed by atoms with Crippen LogP contribution in [0.2, 0.25) is 13.1 Å². The van der Waals surface area contributed by atoms with Crippen LogP contribution in [-0.2, 0) is 0 Å². The standard InChI is InChI=1S/C22H23BN2OSi/c1-16-13-14-19(21(15-16)27(2,3)17-9-5-4-6-10-17)23-24-20-12-8-7-11-18(20)22(26)25-23/h4-15,24H,1-3H3,(H,25,26). The molecule has 1 amide bonds. The monoisotopic (exact) mass is 370 g/mol. The Bertz CT molecular complexity index is 1000. The Balaban J connectivity index is 1.81. The fourth-order valence-electron chi connectivity index (χ4n) is 3.84. The van der Waals surface area contributed by atoms with Crippen LogP contribution in [0.4, 0.5) is 5.69 Å². The van der Waals surface area contributed by atoms with E-state index in [0.717, 1.165) is 11.2 Å². The van der Waals surface area contributed by atoms with Crippen molar-refractivity contribution in [2.24, 2.45) is 0 Å². The number of carbonyl (C=O) groups is 1. The van der Waals surface area contributed by atoms with Crippen LogP contribution in [0, 0.1) is 6.92 Å². The summed E-state index contributed by atoms with van der Waals surface area (Å²) >= 11 is 0. The summed E-state index contributed by atoms with van der Waals surface area (Å²) in [7, 11) is -1.92. The van der Waals surface area contributed by atoms with Gasteiger partial charge in [0.2, 0.25) is 5.91 Å². The van der Waals surface area contributed by atoms with Crippen molar-refractivity contribution >= 4 is 42.5 Å². The first-order valence-electron chi connectivity index (χ1n) is 9.30. The van der Waals surface area contributed by atoms with Gasteiger partial charge in [-0.1, -0.05) is 89.7 Å². The Morgan fingerprint density at radius 3 is 2.33 bits per heavy atom. The molecule has 1 aliphatic rings. The Morgan fingerprint density at radius 2 is 1.56 bits per heavy atom. The minimum atomic E-state index is -1.92. The van der Waals surface area contributed by atoms with E-state index in [2.05, 4.69) is 79.0 Å². The summed E-state index contributed by atoms with van der Waals surface area (Å²) in [5.41, 5.74) is 3.98. The summed E-state index contributed by atoms with van der Waals surface area (Å²) in [5, 5.41) is 9.40. The molecule has 0 aromatic heterocycles. The summed E-state index contributed by atoms with van der Waals surface area (Å²) in [5.74, 6) is -0.0277. The van der Waals surface area contributed by atoms with Crippen molar-refractivity contribution in [3.05, 3.63) is 83.9 Å². The van der Waals surface area contributed by atoms with Gasteiger partial charge in [-0.05, 0) is 24.5 Å². The molecule has 0 atom stereocenters. The number of nitrogens with one attached hydrogen (secondary N) is 2. The third-order valence-electron chi connectivity index (χ3n) is 5.44. The second-order valence-corrected chi connectivity index (χ2v) is 12.0. The van der Waals surface area contributed by atoms with Crippen LogP contribution >= 0.6 is 0 Å². The van der Waals surface area contributed by atoms with Crippen molar-refractivity contribution in [3.63, 3.8) is 0 Å². The number of para-hydroxylation sites is 1. The average Bonchev–Trinajstić information content (AvgIpc) is 2.68. The van der Waals surface area contributed by atoms with Crippen LogP contribution in [0.15, 0.2) is 72.8 Å². The van der Waals surface area contributed by atoms with Crippen LogP contribution in [-0.4, -0.2) is 21.0 Å². The molecule has 0 unspecified atom stereocenters. The number of hydrogen-bond donors (Lipinski definition) is 2. The number of hydrogen-bond acceptors (Lipinski definition) is 2. The minimum Gasteiger partial charge on any atom is -0.405 e. The number of anilines is 1. The summed E-state index contributed by atoms with van der Waals surface area (Å²) in [4.78, 5) is 12.6. The van der Waals surface area contributed by atoms with Gasteiger partial charge < -0.3 is 10.5 Å². The van der Waals surface area contributed by atoms with Crippen LogP contribution in [0.5, 0.6) is 0 Å². The van der Waals surface area contributed by atoms with Crippen molar-refractivity contribution in [1.29, 1.82) is 0 Å². The van der Waals surface area contributed by atoms with Gasteiger partial charge in [0.05, 0.1) is 5.56 Å². The van der Waals surface area contributed by atoms with E-state index in [1.54, 1.807) is 0 Å². The zero-order chi connectivity index (χ0) is 19.0. The largest absolute Gasteiger partial charge is 0.408 e. The fourth-order valence-corrected chi connectivity index (χ4v) is 6.71. The van der Waals surface area contributed by atoms with Gasteiger partial charge in [0, 0.05) is 5.69 Å². The van der Waals surface area contributed by atoms with Gasteiger partial charge in [-0.15, -0.1) is 0 Å². The minimum absolute atomic E-state index is 0.0277.